The molecule has 0 saturated carbocycles. The molecule has 0 bridgehead atoms. The molecule has 0 aliphatic carbocycles. The van der Waals surface area contributed by atoms with Crippen LogP contribution in [-0.4, -0.2) is 14.5 Å². The fourth-order valence-electron chi connectivity index (χ4n) is 2.14. The molecule has 0 saturated heterocycles. The summed E-state index contributed by atoms with van der Waals surface area (Å²) in [5, 5.41) is 0. The van der Waals surface area contributed by atoms with Crippen LogP contribution in [0.3, 0.4) is 0 Å². The molecule has 0 unspecified atom stereocenters. The lowest BCUT2D eigenvalue weighted by molar-refractivity contribution is 0.628. The maximum absolute atomic E-state index is 13.0. The number of aryl methyl sites for hydroxylation is 1. The highest BCUT2D eigenvalue weighted by Gasteiger charge is 2.03. The van der Waals surface area contributed by atoms with Crippen molar-refractivity contribution in [1.29, 1.82) is 0 Å². The number of nitrogens with zero attached hydrogens (tertiary/aromatic N) is 3. The summed E-state index contributed by atoms with van der Waals surface area (Å²) in [5.41, 5.74) is 3.04. The molecule has 3 nitrogen and oxygen atoms in total. The molecule has 4 heteroatoms. The minimum Gasteiger partial charge on any atom is -0.331 e. The van der Waals surface area contributed by atoms with Crippen molar-refractivity contribution in [3.63, 3.8) is 0 Å². The molecule has 1 aromatic carbocycles. The highest BCUT2D eigenvalue weighted by atomic mass is 19.1. The maximum Gasteiger partial charge on any atom is 0.123 e. The molecular formula is C16H14FN3. The molecule has 0 aliphatic rings. The monoisotopic (exact) mass is 267 g/mol. The SMILES string of the molecule is Cc1nccn1Cc1cncc(-c2ccc(F)cc2)c1. The molecule has 100 valence electrons. The molecule has 0 amide bonds. The predicted octanol–water partition coefficient (Wildman–Crippen LogP) is 3.44. The van der Waals surface area contributed by atoms with Gasteiger partial charge < -0.3 is 4.57 Å². The van der Waals surface area contributed by atoms with Crippen LogP contribution in [0.5, 0.6) is 0 Å². The van der Waals surface area contributed by atoms with Gasteiger partial charge in [-0.3, -0.25) is 4.98 Å². The second kappa shape index (κ2) is 5.25. The van der Waals surface area contributed by atoms with E-state index in [-0.39, 0.29) is 5.82 Å². The first-order valence-electron chi connectivity index (χ1n) is 6.40. The molecule has 0 atom stereocenters. The third-order valence-electron chi connectivity index (χ3n) is 3.25. The van der Waals surface area contributed by atoms with Crippen LogP contribution >= 0.6 is 0 Å². The van der Waals surface area contributed by atoms with Gasteiger partial charge in [0.1, 0.15) is 11.6 Å². The van der Waals surface area contributed by atoms with Gasteiger partial charge in [0.05, 0.1) is 6.54 Å². The summed E-state index contributed by atoms with van der Waals surface area (Å²) in [5.74, 6) is 0.740. The topological polar surface area (TPSA) is 30.7 Å². The predicted molar refractivity (Wildman–Crippen MR) is 75.7 cm³/mol. The summed E-state index contributed by atoms with van der Waals surface area (Å²) in [6.07, 6.45) is 7.36. The number of pyridine rings is 1. The highest BCUT2D eigenvalue weighted by molar-refractivity contribution is 5.62. The van der Waals surface area contributed by atoms with Crippen molar-refractivity contribution in [3.8, 4) is 11.1 Å². The van der Waals surface area contributed by atoms with Crippen molar-refractivity contribution < 1.29 is 4.39 Å². The van der Waals surface area contributed by atoms with Gasteiger partial charge in [-0.2, -0.15) is 0 Å². The van der Waals surface area contributed by atoms with E-state index in [9.17, 15) is 4.39 Å². The van der Waals surface area contributed by atoms with Crippen LogP contribution in [0.15, 0.2) is 55.1 Å². The fourth-order valence-corrected chi connectivity index (χ4v) is 2.14. The zero-order valence-corrected chi connectivity index (χ0v) is 11.1. The van der Waals surface area contributed by atoms with Crippen LogP contribution in [0.2, 0.25) is 0 Å². The largest absolute Gasteiger partial charge is 0.331 e. The normalized spacial score (nSPS) is 10.7. The Balaban J connectivity index is 1.90. The lowest BCUT2D eigenvalue weighted by Gasteiger charge is -2.07. The van der Waals surface area contributed by atoms with E-state index in [1.54, 1.807) is 24.5 Å². The quantitative estimate of drug-likeness (QED) is 0.727. The Morgan fingerprint density at radius 2 is 1.90 bits per heavy atom. The van der Waals surface area contributed by atoms with Gasteiger partial charge in [0.2, 0.25) is 0 Å². The van der Waals surface area contributed by atoms with Gasteiger partial charge >= 0.3 is 0 Å². The van der Waals surface area contributed by atoms with Crippen molar-refractivity contribution in [2.75, 3.05) is 0 Å². The zero-order chi connectivity index (χ0) is 13.9. The maximum atomic E-state index is 13.0. The van der Waals surface area contributed by atoms with Gasteiger partial charge in [0.25, 0.3) is 0 Å². The minimum atomic E-state index is -0.230. The van der Waals surface area contributed by atoms with Gasteiger partial charge in [-0.15, -0.1) is 0 Å². The smallest absolute Gasteiger partial charge is 0.123 e. The van der Waals surface area contributed by atoms with Crippen LogP contribution in [0.4, 0.5) is 4.39 Å². The second-order valence-electron chi connectivity index (χ2n) is 4.69. The highest BCUT2D eigenvalue weighted by Crippen LogP contribution is 2.20. The number of rotatable bonds is 3. The molecule has 2 heterocycles. The number of aromatic nitrogens is 3. The fraction of sp³-hybridized carbons (Fsp3) is 0.125. The average Bonchev–Trinajstić information content (AvgIpc) is 2.85. The van der Waals surface area contributed by atoms with Gasteiger partial charge in [-0.25, -0.2) is 9.37 Å². The Morgan fingerprint density at radius 3 is 2.60 bits per heavy atom. The van der Waals surface area contributed by atoms with E-state index < -0.39 is 0 Å². The first-order chi connectivity index (χ1) is 9.72. The lowest BCUT2D eigenvalue weighted by atomic mass is 10.1. The molecule has 2 aromatic heterocycles. The number of hydrogen-bond acceptors (Lipinski definition) is 2. The Bertz CT molecular complexity index is 717. The van der Waals surface area contributed by atoms with E-state index >= 15 is 0 Å². The van der Waals surface area contributed by atoms with Gasteiger partial charge in [0.15, 0.2) is 0 Å². The number of hydrogen-bond donors (Lipinski definition) is 0. The van der Waals surface area contributed by atoms with E-state index in [0.29, 0.717) is 0 Å². The molecule has 3 aromatic rings. The molecule has 3 rings (SSSR count). The van der Waals surface area contributed by atoms with Crippen molar-refractivity contribution in [3.05, 3.63) is 72.3 Å². The van der Waals surface area contributed by atoms with E-state index in [1.807, 2.05) is 19.3 Å². The summed E-state index contributed by atoms with van der Waals surface area (Å²) < 4.78 is 15.0. The number of halogens is 1. The standard InChI is InChI=1S/C16H14FN3/c1-12-19-6-7-20(12)11-13-8-15(10-18-9-13)14-2-4-16(17)5-3-14/h2-10H,11H2,1H3. The molecule has 0 N–H and O–H groups in total. The molecule has 0 fully saturated rings. The minimum absolute atomic E-state index is 0.230. The van der Waals surface area contributed by atoms with Crippen LogP contribution in [0, 0.1) is 12.7 Å². The molecular weight excluding hydrogens is 253 g/mol. The van der Waals surface area contributed by atoms with Crippen LogP contribution in [0.25, 0.3) is 11.1 Å². The van der Waals surface area contributed by atoms with Crippen LogP contribution in [-0.2, 0) is 6.54 Å². The Hall–Kier alpha value is -2.49. The average molecular weight is 267 g/mol. The first-order valence-corrected chi connectivity index (χ1v) is 6.40. The Kier molecular flexibility index (Phi) is 3.29. The zero-order valence-electron chi connectivity index (χ0n) is 11.1. The molecule has 0 radical (unpaired) electrons. The van der Waals surface area contributed by atoms with Crippen molar-refractivity contribution in [2.24, 2.45) is 0 Å². The summed E-state index contributed by atoms with van der Waals surface area (Å²) in [6, 6.07) is 8.51. The summed E-state index contributed by atoms with van der Waals surface area (Å²) >= 11 is 0. The van der Waals surface area contributed by atoms with Crippen molar-refractivity contribution >= 4 is 0 Å². The van der Waals surface area contributed by atoms with Gasteiger partial charge in [0, 0.05) is 30.4 Å². The van der Waals surface area contributed by atoms with Gasteiger partial charge in [-0.05, 0) is 36.2 Å². The van der Waals surface area contributed by atoms with E-state index in [4.69, 9.17) is 0 Å². The van der Waals surface area contributed by atoms with Crippen LogP contribution in [0.1, 0.15) is 11.4 Å². The van der Waals surface area contributed by atoms with E-state index in [1.165, 1.54) is 12.1 Å². The van der Waals surface area contributed by atoms with Crippen LogP contribution < -0.4 is 0 Å². The second-order valence-corrected chi connectivity index (χ2v) is 4.69. The Labute approximate surface area is 116 Å². The van der Waals surface area contributed by atoms with Gasteiger partial charge in [-0.1, -0.05) is 12.1 Å². The summed E-state index contributed by atoms with van der Waals surface area (Å²) in [7, 11) is 0. The third-order valence-corrected chi connectivity index (χ3v) is 3.25. The van der Waals surface area contributed by atoms with E-state index in [0.717, 1.165) is 29.1 Å². The summed E-state index contributed by atoms with van der Waals surface area (Å²) in [6.45, 7) is 2.70. The summed E-state index contributed by atoms with van der Waals surface area (Å²) in [4.78, 5) is 8.47. The number of benzene rings is 1. The third kappa shape index (κ3) is 2.59. The molecule has 0 aliphatic heterocycles. The van der Waals surface area contributed by atoms with Crippen molar-refractivity contribution in [2.45, 2.75) is 13.5 Å². The number of imidazole rings is 1. The molecule has 0 spiro atoms. The first kappa shape index (κ1) is 12.5. The molecule has 20 heavy (non-hydrogen) atoms. The Morgan fingerprint density at radius 1 is 1.10 bits per heavy atom. The lowest BCUT2D eigenvalue weighted by Crippen LogP contribution is -2.01. The van der Waals surface area contributed by atoms with Crippen molar-refractivity contribution in [1.82, 2.24) is 14.5 Å². The van der Waals surface area contributed by atoms with E-state index in [2.05, 4.69) is 20.6 Å².